The van der Waals surface area contributed by atoms with E-state index in [-0.39, 0.29) is 34.9 Å². The highest BCUT2D eigenvalue weighted by Gasteiger charge is 2.37. The SMILES string of the molecule is CC(C)c1cc(=O)n2c(n1)SC[C@H]2CC(=O)N1C[C@H]2C[C@@H](C1)c1cccc(=O)n1C2. The molecule has 3 aliphatic heterocycles. The molecule has 0 saturated carbocycles. The third kappa shape index (κ3) is 3.31. The number of likely N-dealkylation sites (tertiary alicyclic amines) is 1. The van der Waals surface area contributed by atoms with Gasteiger partial charge in [0.05, 0.1) is 11.7 Å². The molecule has 1 fully saturated rings. The summed E-state index contributed by atoms with van der Waals surface area (Å²) >= 11 is 1.56. The summed E-state index contributed by atoms with van der Waals surface area (Å²) in [5.74, 6) is 1.51. The van der Waals surface area contributed by atoms with E-state index < -0.39 is 0 Å². The van der Waals surface area contributed by atoms with Crippen LogP contribution in [0.1, 0.15) is 56.0 Å². The van der Waals surface area contributed by atoms with Crippen molar-refractivity contribution in [1.82, 2.24) is 19.0 Å². The van der Waals surface area contributed by atoms with E-state index in [1.807, 2.05) is 35.4 Å². The number of rotatable bonds is 3. The van der Waals surface area contributed by atoms with Crippen LogP contribution >= 0.6 is 11.8 Å². The van der Waals surface area contributed by atoms with Crippen LogP contribution in [0.3, 0.4) is 0 Å². The Balaban J connectivity index is 1.34. The summed E-state index contributed by atoms with van der Waals surface area (Å²) in [6.07, 6.45) is 1.35. The van der Waals surface area contributed by atoms with Crippen molar-refractivity contribution in [1.29, 1.82) is 0 Å². The van der Waals surface area contributed by atoms with E-state index in [9.17, 15) is 14.4 Å². The van der Waals surface area contributed by atoms with Crippen LogP contribution in [-0.2, 0) is 11.3 Å². The van der Waals surface area contributed by atoms with Crippen molar-refractivity contribution < 1.29 is 4.79 Å². The van der Waals surface area contributed by atoms with Gasteiger partial charge in [-0.25, -0.2) is 4.98 Å². The number of thioether (sulfide) groups is 1. The monoisotopic (exact) mass is 426 g/mol. The summed E-state index contributed by atoms with van der Waals surface area (Å²) in [5, 5.41) is 0.729. The third-order valence-electron chi connectivity index (χ3n) is 6.54. The maximum atomic E-state index is 13.2. The summed E-state index contributed by atoms with van der Waals surface area (Å²) in [6, 6.07) is 6.90. The fourth-order valence-electron chi connectivity index (χ4n) is 5.05. The van der Waals surface area contributed by atoms with Crippen molar-refractivity contribution in [3.63, 3.8) is 0 Å². The first-order valence-electron chi connectivity index (χ1n) is 10.6. The van der Waals surface area contributed by atoms with Gasteiger partial charge in [0.1, 0.15) is 0 Å². The average Bonchev–Trinajstić information content (AvgIpc) is 3.12. The number of hydrogen-bond donors (Lipinski definition) is 0. The van der Waals surface area contributed by atoms with Gasteiger partial charge in [-0.15, -0.1) is 0 Å². The minimum atomic E-state index is -0.143. The molecule has 0 unspecified atom stereocenters. The van der Waals surface area contributed by atoms with Crippen molar-refractivity contribution in [2.75, 3.05) is 18.8 Å². The number of aromatic nitrogens is 3. The van der Waals surface area contributed by atoms with E-state index in [0.29, 0.717) is 37.7 Å². The maximum Gasteiger partial charge on any atom is 0.254 e. The van der Waals surface area contributed by atoms with Gasteiger partial charge in [-0.05, 0) is 24.3 Å². The van der Waals surface area contributed by atoms with Gasteiger partial charge in [0, 0.05) is 55.6 Å². The average molecular weight is 427 g/mol. The Hall–Kier alpha value is -2.35. The highest BCUT2D eigenvalue weighted by Crippen LogP contribution is 2.37. The molecule has 8 heteroatoms. The standard InChI is InChI=1S/C22H26N4O3S/c1-13(2)17-8-21(29)26-16(12-30-22(26)23-17)7-20(28)24-9-14-6-15(11-24)18-4-3-5-19(27)25(18)10-14/h3-5,8,13-16H,6-7,9-12H2,1-2H3/t14-,15+,16-/m1/s1. The Labute approximate surface area is 179 Å². The number of hydrogen-bond acceptors (Lipinski definition) is 5. The van der Waals surface area contributed by atoms with E-state index in [1.165, 1.54) is 0 Å². The zero-order valence-corrected chi connectivity index (χ0v) is 18.1. The van der Waals surface area contributed by atoms with Gasteiger partial charge in [0.2, 0.25) is 5.91 Å². The molecule has 158 valence electrons. The van der Waals surface area contributed by atoms with E-state index in [2.05, 4.69) is 4.98 Å². The van der Waals surface area contributed by atoms with Crippen molar-refractivity contribution in [2.24, 2.45) is 5.92 Å². The van der Waals surface area contributed by atoms with Gasteiger partial charge in [0.15, 0.2) is 5.16 Å². The van der Waals surface area contributed by atoms with E-state index >= 15 is 0 Å². The first-order valence-corrected chi connectivity index (χ1v) is 11.6. The van der Waals surface area contributed by atoms with E-state index in [1.54, 1.807) is 28.5 Å². The van der Waals surface area contributed by atoms with Crippen LogP contribution in [-0.4, -0.2) is 43.8 Å². The number of carbonyl (C=O) groups excluding carboxylic acids is 1. The predicted octanol–water partition coefficient (Wildman–Crippen LogP) is 2.21. The largest absolute Gasteiger partial charge is 0.342 e. The third-order valence-corrected chi connectivity index (χ3v) is 7.64. The molecule has 0 N–H and O–H groups in total. The molecule has 7 nitrogen and oxygen atoms in total. The van der Waals surface area contributed by atoms with Gasteiger partial charge in [-0.2, -0.15) is 0 Å². The lowest BCUT2D eigenvalue weighted by Gasteiger charge is -2.43. The molecule has 2 aromatic heterocycles. The fraction of sp³-hybridized carbons (Fsp3) is 0.545. The Morgan fingerprint density at radius 3 is 2.83 bits per heavy atom. The summed E-state index contributed by atoms with van der Waals surface area (Å²) in [6.45, 7) is 6.06. The lowest BCUT2D eigenvalue weighted by atomic mass is 9.83. The number of piperidine rings is 1. The van der Waals surface area contributed by atoms with Crippen LogP contribution < -0.4 is 11.1 Å². The molecule has 1 saturated heterocycles. The van der Waals surface area contributed by atoms with Crippen LogP contribution in [0.5, 0.6) is 0 Å². The Morgan fingerprint density at radius 1 is 1.20 bits per heavy atom. The molecular formula is C22H26N4O3S. The molecule has 2 bridgehead atoms. The molecule has 3 aliphatic rings. The lowest BCUT2D eigenvalue weighted by Crippen LogP contribution is -2.49. The van der Waals surface area contributed by atoms with Gasteiger partial charge >= 0.3 is 0 Å². The molecule has 5 rings (SSSR count). The van der Waals surface area contributed by atoms with Crippen molar-refractivity contribution in [3.05, 3.63) is 56.4 Å². The number of fused-ring (bicyclic) bond motifs is 5. The lowest BCUT2D eigenvalue weighted by molar-refractivity contribution is -0.134. The Kier molecular flexibility index (Phi) is 4.84. The van der Waals surface area contributed by atoms with Gasteiger partial charge in [-0.3, -0.25) is 19.0 Å². The van der Waals surface area contributed by atoms with Crippen molar-refractivity contribution in [3.8, 4) is 0 Å². The van der Waals surface area contributed by atoms with Crippen LogP contribution in [0, 0.1) is 5.92 Å². The maximum absolute atomic E-state index is 13.2. The van der Waals surface area contributed by atoms with Crippen molar-refractivity contribution in [2.45, 2.75) is 56.3 Å². The summed E-state index contributed by atoms with van der Waals surface area (Å²) in [5.41, 5.74) is 1.84. The normalized spacial score (nSPS) is 24.6. The second-order valence-corrected chi connectivity index (χ2v) is 9.98. The zero-order valence-electron chi connectivity index (χ0n) is 17.3. The second-order valence-electron chi connectivity index (χ2n) is 8.99. The molecule has 30 heavy (non-hydrogen) atoms. The number of pyridine rings is 1. The second kappa shape index (κ2) is 7.41. The molecule has 0 aliphatic carbocycles. The molecule has 5 heterocycles. The molecule has 2 aromatic rings. The quantitative estimate of drug-likeness (QED) is 0.704. The van der Waals surface area contributed by atoms with Crippen LogP contribution in [0.25, 0.3) is 0 Å². The molecule has 0 radical (unpaired) electrons. The number of carbonyl (C=O) groups is 1. The molecule has 0 spiro atoms. The molecule has 1 amide bonds. The predicted molar refractivity (Wildman–Crippen MR) is 115 cm³/mol. The topological polar surface area (TPSA) is 77.2 Å². The summed E-state index contributed by atoms with van der Waals surface area (Å²) < 4.78 is 3.58. The van der Waals surface area contributed by atoms with Gasteiger partial charge < -0.3 is 9.47 Å². The van der Waals surface area contributed by atoms with Gasteiger partial charge in [0.25, 0.3) is 11.1 Å². The number of amides is 1. The fourth-order valence-corrected chi connectivity index (χ4v) is 6.20. The van der Waals surface area contributed by atoms with Crippen LogP contribution in [0.2, 0.25) is 0 Å². The first kappa shape index (κ1) is 19.6. The highest BCUT2D eigenvalue weighted by atomic mass is 32.2. The van der Waals surface area contributed by atoms with E-state index in [0.717, 1.165) is 23.0 Å². The Bertz CT molecular complexity index is 1120. The summed E-state index contributed by atoms with van der Waals surface area (Å²) in [4.78, 5) is 44.6. The minimum Gasteiger partial charge on any atom is -0.342 e. The van der Waals surface area contributed by atoms with Crippen LogP contribution in [0.4, 0.5) is 0 Å². The molecule has 3 atom stereocenters. The summed E-state index contributed by atoms with van der Waals surface area (Å²) in [7, 11) is 0. The highest BCUT2D eigenvalue weighted by molar-refractivity contribution is 7.99. The van der Waals surface area contributed by atoms with E-state index in [4.69, 9.17) is 0 Å². The smallest absolute Gasteiger partial charge is 0.254 e. The molecular weight excluding hydrogens is 400 g/mol. The van der Waals surface area contributed by atoms with Crippen LogP contribution in [0.15, 0.2) is 39.0 Å². The Morgan fingerprint density at radius 2 is 2.03 bits per heavy atom. The minimum absolute atomic E-state index is 0.0502. The zero-order chi connectivity index (χ0) is 21.0. The van der Waals surface area contributed by atoms with Crippen molar-refractivity contribution >= 4 is 17.7 Å². The number of nitrogens with zero attached hydrogens (tertiary/aromatic N) is 4. The molecule has 0 aromatic carbocycles. The van der Waals surface area contributed by atoms with Gasteiger partial charge in [-0.1, -0.05) is 31.7 Å². The first-order chi connectivity index (χ1) is 14.4.